The molecule has 0 aliphatic carbocycles. The lowest BCUT2D eigenvalue weighted by Gasteiger charge is -2.17. The normalized spacial score (nSPS) is 11.1. The maximum absolute atomic E-state index is 10.7. The number of fused-ring (bicyclic) bond motifs is 1. The number of nitro groups is 1. The molecule has 0 unspecified atom stereocenters. The zero-order valence-electron chi connectivity index (χ0n) is 13.7. The van der Waals surface area contributed by atoms with Gasteiger partial charge in [-0.3, -0.25) is 10.1 Å². The zero-order chi connectivity index (χ0) is 16.9. The number of benzene rings is 3. The topological polar surface area (TPSA) is 46.4 Å². The zero-order valence-corrected chi connectivity index (χ0v) is 13.7. The summed E-state index contributed by atoms with van der Waals surface area (Å²) in [6, 6.07) is 21.7. The van der Waals surface area contributed by atoms with Crippen LogP contribution in [0, 0.1) is 10.1 Å². The molecule has 0 aromatic heterocycles. The van der Waals surface area contributed by atoms with Gasteiger partial charge >= 0.3 is 0 Å². The van der Waals surface area contributed by atoms with Gasteiger partial charge in [0.05, 0.1) is 4.92 Å². The number of non-ortho nitro benzene ring substituents is 1. The van der Waals surface area contributed by atoms with Crippen LogP contribution in [-0.4, -0.2) is 23.4 Å². The highest BCUT2D eigenvalue weighted by atomic mass is 16.6. The van der Waals surface area contributed by atoms with Gasteiger partial charge in [-0.25, -0.2) is 0 Å². The minimum atomic E-state index is -0.365. The van der Waals surface area contributed by atoms with Crippen molar-refractivity contribution in [3.8, 4) is 0 Å². The van der Waals surface area contributed by atoms with Gasteiger partial charge in [-0.15, -0.1) is 0 Å². The minimum absolute atomic E-state index is 0.142. The monoisotopic (exact) mass is 320 g/mol. The predicted molar refractivity (Wildman–Crippen MR) is 97.1 cm³/mol. The molecule has 122 valence electrons. The number of hydrogen-bond donors (Lipinski definition) is 0. The summed E-state index contributed by atoms with van der Waals surface area (Å²) in [5.41, 5.74) is 2.55. The van der Waals surface area contributed by atoms with E-state index < -0.39 is 0 Å². The second-order valence-electron chi connectivity index (χ2n) is 6.09. The molecule has 0 atom stereocenters. The smallest absolute Gasteiger partial charge is 0.269 e. The molecule has 0 spiro atoms. The summed E-state index contributed by atoms with van der Waals surface area (Å²) in [6.07, 6.45) is 0.877. The van der Waals surface area contributed by atoms with E-state index in [2.05, 4.69) is 54.4 Å². The first-order chi connectivity index (χ1) is 11.6. The lowest BCUT2D eigenvalue weighted by molar-refractivity contribution is -0.384. The number of likely N-dealkylation sites (N-methyl/N-ethyl adjacent to an activating group) is 1. The molecule has 0 heterocycles. The minimum Gasteiger partial charge on any atom is -0.302 e. The van der Waals surface area contributed by atoms with Crippen molar-refractivity contribution in [2.75, 3.05) is 13.6 Å². The molecule has 0 saturated carbocycles. The third-order valence-corrected chi connectivity index (χ3v) is 4.20. The first kappa shape index (κ1) is 16.1. The Morgan fingerprint density at radius 1 is 0.917 bits per heavy atom. The highest BCUT2D eigenvalue weighted by Gasteiger charge is 2.06. The van der Waals surface area contributed by atoms with Gasteiger partial charge in [0.1, 0.15) is 0 Å². The Hall–Kier alpha value is -2.72. The van der Waals surface area contributed by atoms with Crippen LogP contribution >= 0.6 is 0 Å². The summed E-state index contributed by atoms with van der Waals surface area (Å²) in [6.45, 7) is 1.79. The Kier molecular flexibility index (Phi) is 4.87. The average Bonchev–Trinajstić information content (AvgIpc) is 2.60. The largest absolute Gasteiger partial charge is 0.302 e. The Morgan fingerprint density at radius 3 is 2.29 bits per heavy atom. The van der Waals surface area contributed by atoms with E-state index in [0.717, 1.165) is 25.1 Å². The average molecular weight is 320 g/mol. The van der Waals surface area contributed by atoms with Crippen LogP contribution in [0.4, 0.5) is 5.69 Å². The van der Waals surface area contributed by atoms with Crippen LogP contribution in [0.3, 0.4) is 0 Å². The van der Waals surface area contributed by atoms with Crippen molar-refractivity contribution < 1.29 is 4.92 Å². The molecule has 0 saturated heterocycles. The van der Waals surface area contributed by atoms with Gasteiger partial charge in [0.15, 0.2) is 0 Å². The van der Waals surface area contributed by atoms with Crippen molar-refractivity contribution in [2.45, 2.75) is 13.0 Å². The van der Waals surface area contributed by atoms with Gasteiger partial charge in [-0.1, -0.05) is 48.5 Å². The van der Waals surface area contributed by atoms with Gasteiger partial charge in [-0.05, 0) is 41.4 Å². The molecule has 4 nitrogen and oxygen atoms in total. The first-order valence-electron chi connectivity index (χ1n) is 8.01. The Morgan fingerprint density at radius 2 is 1.58 bits per heavy atom. The summed E-state index contributed by atoms with van der Waals surface area (Å²) in [4.78, 5) is 12.6. The lowest BCUT2D eigenvalue weighted by Crippen LogP contribution is -2.20. The van der Waals surface area contributed by atoms with Crippen molar-refractivity contribution in [1.82, 2.24) is 4.90 Å². The molecule has 4 heteroatoms. The molecule has 0 bridgehead atoms. The van der Waals surface area contributed by atoms with Gasteiger partial charge in [0.2, 0.25) is 0 Å². The highest BCUT2D eigenvalue weighted by molar-refractivity contribution is 5.82. The molecule has 3 aromatic rings. The molecule has 3 rings (SSSR count). The third-order valence-electron chi connectivity index (χ3n) is 4.20. The molecular formula is C20H20N2O2. The Labute approximate surface area is 141 Å². The predicted octanol–water partition coefficient (Wildman–Crippen LogP) is 4.42. The fourth-order valence-electron chi connectivity index (χ4n) is 2.83. The molecule has 0 fully saturated rings. The summed E-state index contributed by atoms with van der Waals surface area (Å²) in [5, 5.41) is 13.2. The van der Waals surface area contributed by atoms with Crippen LogP contribution < -0.4 is 0 Å². The number of rotatable bonds is 6. The second kappa shape index (κ2) is 7.23. The summed E-state index contributed by atoms with van der Waals surface area (Å²) < 4.78 is 0. The van der Waals surface area contributed by atoms with E-state index in [-0.39, 0.29) is 10.6 Å². The van der Waals surface area contributed by atoms with Crippen molar-refractivity contribution >= 4 is 16.5 Å². The summed E-state index contributed by atoms with van der Waals surface area (Å²) in [7, 11) is 2.10. The van der Waals surface area contributed by atoms with Crippen molar-refractivity contribution in [1.29, 1.82) is 0 Å². The van der Waals surface area contributed by atoms with Crippen LogP contribution in [0.15, 0.2) is 66.7 Å². The van der Waals surface area contributed by atoms with Gasteiger partial charge < -0.3 is 4.90 Å². The van der Waals surface area contributed by atoms with Crippen LogP contribution in [0.1, 0.15) is 11.1 Å². The van der Waals surface area contributed by atoms with E-state index in [9.17, 15) is 10.1 Å². The van der Waals surface area contributed by atoms with Crippen LogP contribution in [0.2, 0.25) is 0 Å². The molecule has 0 radical (unpaired) electrons. The maximum Gasteiger partial charge on any atom is 0.269 e. The fraction of sp³-hybridized carbons (Fsp3) is 0.200. The molecule has 0 amide bonds. The van der Waals surface area contributed by atoms with Crippen molar-refractivity contribution in [3.63, 3.8) is 0 Å². The Bertz CT molecular complexity index is 844. The highest BCUT2D eigenvalue weighted by Crippen LogP contribution is 2.17. The van der Waals surface area contributed by atoms with Crippen LogP contribution in [0.25, 0.3) is 10.8 Å². The molecule has 0 N–H and O–H groups in total. The maximum atomic E-state index is 10.7. The summed E-state index contributed by atoms with van der Waals surface area (Å²) >= 11 is 0. The first-order valence-corrected chi connectivity index (χ1v) is 8.01. The van der Waals surface area contributed by atoms with E-state index in [1.807, 2.05) is 12.1 Å². The molecule has 24 heavy (non-hydrogen) atoms. The second-order valence-corrected chi connectivity index (χ2v) is 6.09. The van der Waals surface area contributed by atoms with E-state index in [1.165, 1.54) is 16.3 Å². The van der Waals surface area contributed by atoms with E-state index in [1.54, 1.807) is 12.1 Å². The van der Waals surface area contributed by atoms with Crippen molar-refractivity contribution in [3.05, 3.63) is 88.0 Å². The van der Waals surface area contributed by atoms with E-state index >= 15 is 0 Å². The van der Waals surface area contributed by atoms with Crippen LogP contribution in [0.5, 0.6) is 0 Å². The SMILES string of the molecule is CN(CCc1ccc([N+](=O)[O-])cc1)Cc1ccc2ccccc2c1. The molecule has 3 aromatic carbocycles. The fourth-order valence-corrected chi connectivity index (χ4v) is 2.83. The van der Waals surface area contributed by atoms with E-state index in [0.29, 0.717) is 0 Å². The van der Waals surface area contributed by atoms with E-state index in [4.69, 9.17) is 0 Å². The number of hydrogen-bond acceptors (Lipinski definition) is 3. The van der Waals surface area contributed by atoms with Gasteiger partial charge in [-0.2, -0.15) is 0 Å². The quantitative estimate of drug-likeness (QED) is 0.499. The standard InChI is InChI=1S/C20H20N2O2/c1-21(13-12-16-7-10-20(11-8-16)22(23)24)15-17-6-9-18-4-2-3-5-19(18)14-17/h2-11,14H,12-13,15H2,1H3. The van der Waals surface area contributed by atoms with Gasteiger partial charge in [0.25, 0.3) is 5.69 Å². The summed E-state index contributed by atoms with van der Waals surface area (Å²) in [5.74, 6) is 0. The number of nitro benzene ring substituents is 1. The Balaban J connectivity index is 1.58. The molecular weight excluding hydrogens is 300 g/mol. The molecule has 0 aliphatic heterocycles. The number of nitrogens with zero attached hydrogens (tertiary/aromatic N) is 2. The lowest BCUT2D eigenvalue weighted by atomic mass is 10.1. The molecule has 0 aliphatic rings. The van der Waals surface area contributed by atoms with Crippen molar-refractivity contribution in [2.24, 2.45) is 0 Å². The third kappa shape index (κ3) is 3.97. The van der Waals surface area contributed by atoms with Gasteiger partial charge in [0, 0.05) is 25.2 Å². The van der Waals surface area contributed by atoms with Crippen LogP contribution in [-0.2, 0) is 13.0 Å².